The lowest BCUT2D eigenvalue weighted by molar-refractivity contribution is -0.117. The topological polar surface area (TPSA) is 101 Å². The SMILES string of the molecule is NNC(=O)c1cccc(N2CC(N)CC2=O)c1. The van der Waals surface area contributed by atoms with Gasteiger partial charge in [-0.3, -0.25) is 15.0 Å². The number of hydrogen-bond acceptors (Lipinski definition) is 4. The first kappa shape index (κ1) is 11.6. The Balaban J connectivity index is 2.27. The molecule has 0 aliphatic carbocycles. The molecular weight excluding hydrogens is 220 g/mol. The van der Waals surface area contributed by atoms with Gasteiger partial charge in [-0.15, -0.1) is 0 Å². The molecule has 6 nitrogen and oxygen atoms in total. The molecule has 2 amide bonds. The number of nitrogens with two attached hydrogens (primary N) is 2. The molecule has 1 unspecified atom stereocenters. The zero-order valence-corrected chi connectivity index (χ0v) is 9.22. The van der Waals surface area contributed by atoms with E-state index in [2.05, 4.69) is 5.43 Å². The molecule has 0 radical (unpaired) electrons. The molecular formula is C11H14N4O2. The van der Waals surface area contributed by atoms with Gasteiger partial charge in [-0.2, -0.15) is 0 Å². The van der Waals surface area contributed by atoms with Gasteiger partial charge in [0.15, 0.2) is 0 Å². The highest BCUT2D eigenvalue weighted by Gasteiger charge is 2.28. The summed E-state index contributed by atoms with van der Waals surface area (Å²) in [6.07, 6.45) is 0.341. The molecule has 1 saturated heterocycles. The second-order valence-corrected chi connectivity index (χ2v) is 3.99. The molecule has 1 aromatic rings. The lowest BCUT2D eigenvalue weighted by Crippen LogP contribution is -2.31. The van der Waals surface area contributed by atoms with Gasteiger partial charge >= 0.3 is 0 Å². The standard InChI is InChI=1S/C11H14N4O2/c12-8-5-10(16)15(6-8)9-3-1-2-7(4-9)11(17)14-13/h1-4,8H,5-6,12-13H2,(H,14,17). The fourth-order valence-electron chi connectivity index (χ4n) is 1.88. The van der Waals surface area contributed by atoms with Crippen LogP contribution in [-0.4, -0.2) is 24.4 Å². The average molecular weight is 234 g/mol. The van der Waals surface area contributed by atoms with E-state index in [0.717, 1.165) is 0 Å². The number of hydrazine groups is 1. The van der Waals surface area contributed by atoms with Gasteiger partial charge in [0.2, 0.25) is 5.91 Å². The molecule has 17 heavy (non-hydrogen) atoms. The summed E-state index contributed by atoms with van der Waals surface area (Å²) >= 11 is 0. The minimum absolute atomic E-state index is 0.0252. The highest BCUT2D eigenvalue weighted by molar-refractivity contribution is 5.99. The highest BCUT2D eigenvalue weighted by Crippen LogP contribution is 2.21. The number of nitrogen functional groups attached to an aromatic ring is 1. The molecule has 90 valence electrons. The summed E-state index contributed by atoms with van der Waals surface area (Å²) in [7, 11) is 0. The first-order valence-electron chi connectivity index (χ1n) is 5.29. The van der Waals surface area contributed by atoms with Crippen molar-refractivity contribution in [1.82, 2.24) is 5.43 Å². The zero-order chi connectivity index (χ0) is 12.4. The molecule has 0 spiro atoms. The van der Waals surface area contributed by atoms with Gasteiger partial charge < -0.3 is 10.6 Å². The van der Waals surface area contributed by atoms with Gasteiger partial charge in [0.1, 0.15) is 0 Å². The van der Waals surface area contributed by atoms with Crippen molar-refractivity contribution in [2.75, 3.05) is 11.4 Å². The summed E-state index contributed by atoms with van der Waals surface area (Å²) in [4.78, 5) is 24.6. The van der Waals surface area contributed by atoms with E-state index in [9.17, 15) is 9.59 Å². The van der Waals surface area contributed by atoms with Crippen LogP contribution in [0.25, 0.3) is 0 Å². The first-order chi connectivity index (χ1) is 8.11. The second-order valence-electron chi connectivity index (χ2n) is 3.99. The largest absolute Gasteiger partial charge is 0.326 e. The van der Waals surface area contributed by atoms with Gasteiger partial charge in [0.25, 0.3) is 5.91 Å². The van der Waals surface area contributed by atoms with E-state index in [-0.39, 0.29) is 17.9 Å². The maximum atomic E-state index is 11.7. The van der Waals surface area contributed by atoms with Crippen LogP contribution in [0, 0.1) is 0 Å². The molecule has 2 rings (SSSR count). The Labute approximate surface area is 98.5 Å². The van der Waals surface area contributed by atoms with E-state index in [4.69, 9.17) is 11.6 Å². The van der Waals surface area contributed by atoms with Crippen molar-refractivity contribution >= 4 is 17.5 Å². The smallest absolute Gasteiger partial charge is 0.265 e. The Kier molecular flexibility index (Phi) is 3.08. The zero-order valence-electron chi connectivity index (χ0n) is 9.22. The minimum atomic E-state index is -0.386. The number of benzene rings is 1. The lowest BCUT2D eigenvalue weighted by atomic mass is 10.2. The number of hydrogen-bond donors (Lipinski definition) is 3. The fourth-order valence-corrected chi connectivity index (χ4v) is 1.88. The number of anilines is 1. The van der Waals surface area contributed by atoms with Crippen LogP contribution in [0.2, 0.25) is 0 Å². The van der Waals surface area contributed by atoms with Crippen LogP contribution in [-0.2, 0) is 4.79 Å². The molecule has 0 aromatic heterocycles. The summed E-state index contributed by atoms with van der Waals surface area (Å²) in [5, 5.41) is 0. The Morgan fingerprint density at radius 1 is 1.47 bits per heavy atom. The highest BCUT2D eigenvalue weighted by atomic mass is 16.2. The molecule has 1 fully saturated rings. The van der Waals surface area contributed by atoms with E-state index in [1.165, 1.54) is 0 Å². The third-order valence-electron chi connectivity index (χ3n) is 2.71. The molecule has 1 heterocycles. The van der Waals surface area contributed by atoms with Crippen LogP contribution < -0.4 is 21.9 Å². The summed E-state index contributed by atoms with van der Waals surface area (Å²) in [6, 6.07) is 6.58. The second kappa shape index (κ2) is 4.52. The number of amides is 2. The van der Waals surface area contributed by atoms with E-state index in [1.54, 1.807) is 29.2 Å². The molecule has 6 heteroatoms. The van der Waals surface area contributed by atoms with E-state index in [1.807, 2.05) is 0 Å². The normalized spacial score (nSPS) is 19.5. The number of nitrogens with zero attached hydrogens (tertiary/aromatic N) is 1. The lowest BCUT2D eigenvalue weighted by Gasteiger charge is -2.16. The number of nitrogens with one attached hydrogen (secondary N) is 1. The van der Waals surface area contributed by atoms with Crippen molar-refractivity contribution in [3.8, 4) is 0 Å². The number of rotatable bonds is 2. The minimum Gasteiger partial charge on any atom is -0.326 e. The number of carbonyl (C=O) groups excluding carboxylic acids is 2. The number of carbonyl (C=O) groups is 2. The van der Waals surface area contributed by atoms with Crippen molar-refractivity contribution in [3.05, 3.63) is 29.8 Å². The van der Waals surface area contributed by atoms with Gasteiger partial charge in [-0.1, -0.05) is 6.07 Å². The van der Waals surface area contributed by atoms with E-state index in [0.29, 0.717) is 24.2 Å². The molecule has 1 aliphatic rings. The maximum absolute atomic E-state index is 11.7. The Morgan fingerprint density at radius 3 is 2.82 bits per heavy atom. The van der Waals surface area contributed by atoms with Crippen molar-refractivity contribution in [2.45, 2.75) is 12.5 Å². The molecule has 5 N–H and O–H groups in total. The molecule has 1 aliphatic heterocycles. The average Bonchev–Trinajstić information content (AvgIpc) is 2.67. The summed E-state index contributed by atoms with van der Waals surface area (Å²) in [5.74, 6) is 4.65. The van der Waals surface area contributed by atoms with Crippen LogP contribution in [0.4, 0.5) is 5.69 Å². The maximum Gasteiger partial charge on any atom is 0.265 e. The monoisotopic (exact) mass is 234 g/mol. The van der Waals surface area contributed by atoms with Crippen LogP contribution in [0.5, 0.6) is 0 Å². The van der Waals surface area contributed by atoms with E-state index >= 15 is 0 Å². The Morgan fingerprint density at radius 2 is 2.24 bits per heavy atom. The predicted molar refractivity (Wildman–Crippen MR) is 63.0 cm³/mol. The summed E-state index contributed by atoms with van der Waals surface area (Å²) in [5.41, 5.74) is 8.85. The van der Waals surface area contributed by atoms with Crippen molar-refractivity contribution < 1.29 is 9.59 Å². The fraction of sp³-hybridized carbons (Fsp3) is 0.273. The van der Waals surface area contributed by atoms with Crippen LogP contribution >= 0.6 is 0 Å². The summed E-state index contributed by atoms with van der Waals surface area (Å²) < 4.78 is 0. The molecule has 1 atom stereocenters. The van der Waals surface area contributed by atoms with Gasteiger partial charge in [-0.05, 0) is 18.2 Å². The van der Waals surface area contributed by atoms with Crippen LogP contribution in [0.15, 0.2) is 24.3 Å². The van der Waals surface area contributed by atoms with Crippen molar-refractivity contribution in [3.63, 3.8) is 0 Å². The molecule has 0 bridgehead atoms. The van der Waals surface area contributed by atoms with Gasteiger partial charge in [0.05, 0.1) is 0 Å². The van der Waals surface area contributed by atoms with Crippen LogP contribution in [0.3, 0.4) is 0 Å². The van der Waals surface area contributed by atoms with E-state index < -0.39 is 0 Å². The van der Waals surface area contributed by atoms with Crippen molar-refractivity contribution in [1.29, 1.82) is 0 Å². The van der Waals surface area contributed by atoms with Crippen LogP contribution in [0.1, 0.15) is 16.8 Å². The van der Waals surface area contributed by atoms with Gasteiger partial charge in [-0.25, -0.2) is 5.84 Å². The quantitative estimate of drug-likeness (QED) is 0.359. The predicted octanol–water partition coefficient (Wildman–Crippen LogP) is -0.646. The Bertz CT molecular complexity index is 461. The third kappa shape index (κ3) is 2.27. The molecule has 1 aromatic carbocycles. The van der Waals surface area contributed by atoms with Crippen molar-refractivity contribution in [2.24, 2.45) is 11.6 Å². The van der Waals surface area contributed by atoms with Gasteiger partial charge in [0, 0.05) is 30.3 Å². The first-order valence-corrected chi connectivity index (χ1v) is 5.29. The summed E-state index contributed by atoms with van der Waals surface area (Å²) in [6.45, 7) is 0.479. The Hall–Kier alpha value is -1.92. The molecule has 0 saturated carbocycles. The third-order valence-corrected chi connectivity index (χ3v) is 2.71.